The van der Waals surface area contributed by atoms with E-state index in [4.69, 9.17) is 5.11 Å². The summed E-state index contributed by atoms with van der Waals surface area (Å²) in [4.78, 5) is 21.0. The number of aromatic carboxylic acids is 1. The van der Waals surface area contributed by atoms with Gasteiger partial charge in [-0.05, 0) is 30.0 Å². The molecule has 21 heavy (non-hydrogen) atoms. The van der Waals surface area contributed by atoms with Crippen LogP contribution in [0.4, 0.5) is 32.0 Å². The molecule has 0 aliphatic carbocycles. The molecule has 116 valence electrons. The number of hydrogen-bond acceptors (Lipinski definition) is 3. The van der Waals surface area contributed by atoms with E-state index < -0.39 is 51.5 Å². The van der Waals surface area contributed by atoms with E-state index in [0.717, 1.165) is 6.07 Å². The van der Waals surface area contributed by atoms with Crippen molar-refractivity contribution >= 4 is 29.3 Å². The maximum atomic E-state index is 12.1. The van der Waals surface area contributed by atoms with Gasteiger partial charge in [0, 0.05) is 4.90 Å². The molecule has 4 nitrogen and oxygen atoms in total. The van der Waals surface area contributed by atoms with Crippen molar-refractivity contribution in [2.24, 2.45) is 0 Å². The standard InChI is InChI=1S/C10H5F6NO3S/c11-9(12,13)8(20)17-6-2-1-4(21-10(14,15)16)3-5(6)7(18)19/h1-3H,(H,17,20)(H,18,19). The van der Waals surface area contributed by atoms with Crippen LogP contribution in [-0.4, -0.2) is 28.7 Å². The van der Waals surface area contributed by atoms with E-state index in [2.05, 4.69) is 0 Å². The van der Waals surface area contributed by atoms with Crippen LogP contribution in [0, 0.1) is 0 Å². The van der Waals surface area contributed by atoms with E-state index in [1.807, 2.05) is 0 Å². The lowest BCUT2D eigenvalue weighted by molar-refractivity contribution is -0.167. The number of carboxylic acids is 1. The highest BCUT2D eigenvalue weighted by atomic mass is 32.2. The molecule has 2 N–H and O–H groups in total. The Morgan fingerprint density at radius 2 is 1.67 bits per heavy atom. The third kappa shape index (κ3) is 5.17. The van der Waals surface area contributed by atoms with Crippen LogP contribution in [0.1, 0.15) is 10.4 Å². The number of benzene rings is 1. The lowest BCUT2D eigenvalue weighted by Crippen LogP contribution is -2.30. The first-order chi connectivity index (χ1) is 9.40. The Kier molecular flexibility index (Phi) is 4.76. The molecule has 1 aromatic rings. The number of carbonyl (C=O) groups excluding carboxylic acids is 1. The van der Waals surface area contributed by atoms with E-state index in [1.165, 1.54) is 5.32 Å². The lowest BCUT2D eigenvalue weighted by atomic mass is 10.2. The lowest BCUT2D eigenvalue weighted by Gasteiger charge is -2.12. The first-order valence-corrected chi connectivity index (χ1v) is 5.73. The molecule has 0 aromatic heterocycles. The molecule has 1 aromatic carbocycles. The molecule has 0 heterocycles. The van der Waals surface area contributed by atoms with Gasteiger partial charge < -0.3 is 10.4 Å². The summed E-state index contributed by atoms with van der Waals surface area (Å²) in [6, 6.07) is 1.92. The molecule has 0 aliphatic rings. The van der Waals surface area contributed by atoms with Gasteiger partial charge in [-0.3, -0.25) is 4.79 Å². The van der Waals surface area contributed by atoms with Crippen molar-refractivity contribution in [3.63, 3.8) is 0 Å². The molecule has 1 amide bonds. The van der Waals surface area contributed by atoms with Gasteiger partial charge in [-0.25, -0.2) is 4.79 Å². The number of thioether (sulfide) groups is 1. The number of nitrogens with one attached hydrogen (secondary N) is 1. The number of carboxylic acid groups (broad SMARTS) is 1. The van der Waals surface area contributed by atoms with Crippen LogP contribution in [0.25, 0.3) is 0 Å². The SMILES string of the molecule is O=C(O)c1cc(SC(F)(F)F)ccc1NC(=O)C(F)(F)F. The van der Waals surface area contributed by atoms with E-state index >= 15 is 0 Å². The van der Waals surface area contributed by atoms with Gasteiger partial charge in [0.05, 0.1) is 11.3 Å². The fourth-order valence-electron chi connectivity index (χ4n) is 1.20. The van der Waals surface area contributed by atoms with Gasteiger partial charge in [-0.1, -0.05) is 0 Å². The molecule has 0 unspecified atom stereocenters. The van der Waals surface area contributed by atoms with Crippen molar-refractivity contribution in [2.45, 2.75) is 16.6 Å². The van der Waals surface area contributed by atoms with Crippen molar-refractivity contribution in [3.05, 3.63) is 23.8 Å². The van der Waals surface area contributed by atoms with Crippen molar-refractivity contribution in [3.8, 4) is 0 Å². The summed E-state index contributed by atoms with van der Waals surface area (Å²) in [5, 5.41) is 10.1. The van der Waals surface area contributed by atoms with Gasteiger partial charge in [0.25, 0.3) is 0 Å². The maximum Gasteiger partial charge on any atom is 0.471 e. The average Bonchev–Trinajstić information content (AvgIpc) is 2.27. The molecule has 0 fully saturated rings. The molecule has 0 atom stereocenters. The third-order valence-corrected chi connectivity index (χ3v) is 2.68. The second-order valence-electron chi connectivity index (χ2n) is 3.51. The molecule has 11 heteroatoms. The number of amides is 1. The molecule has 1 rings (SSSR count). The second kappa shape index (κ2) is 5.84. The van der Waals surface area contributed by atoms with E-state index in [1.54, 1.807) is 0 Å². The molecule has 0 saturated carbocycles. The zero-order chi connectivity index (χ0) is 16.4. The Balaban J connectivity index is 3.11. The Morgan fingerprint density at radius 1 is 1.10 bits per heavy atom. The number of rotatable bonds is 3. The zero-order valence-electron chi connectivity index (χ0n) is 9.67. The number of hydrogen-bond donors (Lipinski definition) is 2. The highest BCUT2D eigenvalue weighted by molar-refractivity contribution is 8.00. The molecule has 0 radical (unpaired) electrons. The van der Waals surface area contributed by atoms with Gasteiger partial charge in [-0.2, -0.15) is 26.3 Å². The van der Waals surface area contributed by atoms with E-state index in [9.17, 15) is 35.9 Å². The minimum atomic E-state index is -5.25. The summed E-state index contributed by atoms with van der Waals surface area (Å²) in [6.45, 7) is 0. The Labute approximate surface area is 117 Å². The van der Waals surface area contributed by atoms with E-state index in [-0.39, 0.29) is 0 Å². The van der Waals surface area contributed by atoms with Crippen LogP contribution in [0.15, 0.2) is 23.1 Å². The highest BCUT2D eigenvalue weighted by Gasteiger charge is 2.39. The first kappa shape index (κ1) is 17.1. The summed E-state index contributed by atoms with van der Waals surface area (Å²) < 4.78 is 72.6. The minimum Gasteiger partial charge on any atom is -0.478 e. The van der Waals surface area contributed by atoms with Gasteiger partial charge in [0.1, 0.15) is 0 Å². The van der Waals surface area contributed by atoms with Crippen molar-refractivity contribution < 1.29 is 41.0 Å². The Hall–Kier alpha value is -1.91. The summed E-state index contributed by atoms with van der Waals surface area (Å²) in [5.74, 6) is -4.21. The monoisotopic (exact) mass is 333 g/mol. The predicted octanol–water partition coefficient (Wildman–Crippen LogP) is 3.50. The quantitative estimate of drug-likeness (QED) is 0.656. The van der Waals surface area contributed by atoms with Crippen molar-refractivity contribution in [2.75, 3.05) is 5.32 Å². The summed E-state index contributed by atoms with van der Waals surface area (Å²) in [7, 11) is 0. The number of carbonyl (C=O) groups is 2. The van der Waals surface area contributed by atoms with Crippen LogP contribution in [0.3, 0.4) is 0 Å². The van der Waals surface area contributed by atoms with Crippen LogP contribution in [0.5, 0.6) is 0 Å². The molecule has 0 saturated heterocycles. The summed E-state index contributed by atoms with van der Waals surface area (Å²) >= 11 is -0.633. The Bertz CT molecular complexity index is 569. The van der Waals surface area contributed by atoms with Crippen LogP contribution >= 0.6 is 11.8 Å². The topological polar surface area (TPSA) is 66.4 Å². The van der Waals surface area contributed by atoms with E-state index in [0.29, 0.717) is 12.1 Å². The highest BCUT2D eigenvalue weighted by Crippen LogP contribution is 2.38. The van der Waals surface area contributed by atoms with Crippen LogP contribution in [-0.2, 0) is 4.79 Å². The third-order valence-electron chi connectivity index (χ3n) is 1.96. The fourth-order valence-corrected chi connectivity index (χ4v) is 1.78. The molecule has 0 aliphatic heterocycles. The fraction of sp³-hybridized carbons (Fsp3) is 0.200. The zero-order valence-corrected chi connectivity index (χ0v) is 10.5. The van der Waals surface area contributed by atoms with Crippen LogP contribution in [0.2, 0.25) is 0 Å². The smallest absolute Gasteiger partial charge is 0.471 e. The predicted molar refractivity (Wildman–Crippen MR) is 60.0 cm³/mol. The van der Waals surface area contributed by atoms with Gasteiger partial charge >= 0.3 is 23.6 Å². The average molecular weight is 333 g/mol. The van der Waals surface area contributed by atoms with Crippen molar-refractivity contribution in [1.29, 1.82) is 0 Å². The van der Waals surface area contributed by atoms with Crippen molar-refractivity contribution in [1.82, 2.24) is 0 Å². The van der Waals surface area contributed by atoms with Crippen LogP contribution < -0.4 is 5.32 Å². The second-order valence-corrected chi connectivity index (χ2v) is 4.65. The Morgan fingerprint density at radius 3 is 2.10 bits per heavy atom. The molecular formula is C10H5F6NO3S. The van der Waals surface area contributed by atoms with Gasteiger partial charge in [-0.15, -0.1) is 0 Å². The normalized spacial score (nSPS) is 12.1. The minimum absolute atomic E-state index is 0.520. The largest absolute Gasteiger partial charge is 0.478 e. The molecule has 0 spiro atoms. The maximum absolute atomic E-state index is 12.1. The van der Waals surface area contributed by atoms with Gasteiger partial charge in [0.15, 0.2) is 0 Å². The first-order valence-electron chi connectivity index (χ1n) is 4.91. The number of anilines is 1. The summed E-state index contributed by atoms with van der Waals surface area (Å²) in [6.07, 6.45) is -5.25. The molecular weight excluding hydrogens is 328 g/mol. The number of halogens is 6. The van der Waals surface area contributed by atoms with Gasteiger partial charge in [0.2, 0.25) is 0 Å². The summed E-state index contributed by atoms with van der Waals surface area (Å²) in [5.41, 5.74) is -6.33. The number of alkyl halides is 6. The molecule has 0 bridgehead atoms.